The summed E-state index contributed by atoms with van der Waals surface area (Å²) in [6.45, 7) is 7.36. The Morgan fingerprint density at radius 3 is 2.81 bits per heavy atom. The Labute approximate surface area is 161 Å². The lowest BCUT2D eigenvalue weighted by atomic mass is 9.83. The molecule has 0 aromatic carbocycles. The number of rotatable bonds is 5. The molecule has 8 heteroatoms. The number of ether oxygens (including phenoxy) is 1. The van der Waals surface area contributed by atoms with Gasteiger partial charge in [-0.15, -0.1) is 0 Å². The zero-order chi connectivity index (χ0) is 19.6. The number of hydrogen-bond acceptors (Lipinski definition) is 7. The average molecular weight is 386 g/mol. The van der Waals surface area contributed by atoms with Crippen molar-refractivity contribution in [3.8, 4) is 0 Å². The summed E-state index contributed by atoms with van der Waals surface area (Å²) in [7, 11) is 0. The number of aromatic amines is 1. The van der Waals surface area contributed by atoms with E-state index in [9.17, 15) is 9.59 Å². The molecule has 3 heterocycles. The van der Waals surface area contributed by atoms with Gasteiger partial charge in [0.1, 0.15) is 5.82 Å². The highest BCUT2D eigenvalue weighted by Gasteiger charge is 2.36. The third-order valence-corrected chi connectivity index (χ3v) is 4.84. The number of thioether (sulfide) groups is 1. The second-order valence-corrected chi connectivity index (χ2v) is 7.66. The van der Waals surface area contributed by atoms with Crippen molar-refractivity contribution in [3.63, 3.8) is 0 Å². The Bertz CT molecular complexity index is 938. The van der Waals surface area contributed by atoms with Crippen LogP contribution in [-0.4, -0.2) is 32.8 Å². The molecule has 0 unspecified atom stereocenters. The van der Waals surface area contributed by atoms with Gasteiger partial charge in [0.2, 0.25) is 0 Å². The molecule has 0 spiro atoms. The van der Waals surface area contributed by atoms with E-state index in [0.717, 1.165) is 11.3 Å². The van der Waals surface area contributed by atoms with Gasteiger partial charge in [0.05, 0.1) is 23.2 Å². The van der Waals surface area contributed by atoms with Crippen LogP contribution in [0.3, 0.4) is 0 Å². The Hall–Kier alpha value is -2.61. The van der Waals surface area contributed by atoms with Gasteiger partial charge in [0.15, 0.2) is 5.16 Å². The normalized spacial score (nSPS) is 16.1. The van der Waals surface area contributed by atoms with Crippen LogP contribution in [0.15, 0.2) is 45.7 Å². The number of H-pyrrole nitrogens is 1. The van der Waals surface area contributed by atoms with E-state index in [2.05, 4.69) is 20.3 Å². The summed E-state index contributed by atoms with van der Waals surface area (Å²) >= 11 is 1.45. The summed E-state index contributed by atoms with van der Waals surface area (Å²) in [5.74, 6) is 0.190. The molecular formula is C19H22N4O3S. The number of esters is 1. The van der Waals surface area contributed by atoms with Crippen LogP contribution >= 0.6 is 11.8 Å². The number of fused-ring (bicyclic) bond motifs is 1. The van der Waals surface area contributed by atoms with Crippen LogP contribution in [0.25, 0.3) is 0 Å². The fourth-order valence-electron chi connectivity index (χ4n) is 3.06. The number of carbonyl (C=O) groups is 1. The molecule has 0 bridgehead atoms. The third-order valence-electron chi connectivity index (χ3n) is 4.08. The van der Waals surface area contributed by atoms with Gasteiger partial charge in [-0.05, 0) is 38.2 Å². The highest BCUT2D eigenvalue weighted by Crippen LogP contribution is 2.39. The minimum atomic E-state index is -0.599. The quantitative estimate of drug-likeness (QED) is 0.463. The van der Waals surface area contributed by atoms with E-state index in [1.807, 2.05) is 13.0 Å². The predicted molar refractivity (Wildman–Crippen MR) is 105 cm³/mol. The molecule has 2 aromatic rings. The zero-order valence-corrected chi connectivity index (χ0v) is 16.5. The minimum Gasteiger partial charge on any atom is -0.460 e. The Morgan fingerprint density at radius 1 is 1.41 bits per heavy atom. The number of nitrogens with zero attached hydrogens (tertiary/aromatic N) is 2. The number of aromatic nitrogens is 3. The summed E-state index contributed by atoms with van der Waals surface area (Å²) in [5.41, 5.74) is 1.86. The molecule has 3 rings (SSSR count). The second kappa shape index (κ2) is 7.96. The van der Waals surface area contributed by atoms with Gasteiger partial charge in [-0.2, -0.15) is 0 Å². The highest BCUT2D eigenvalue weighted by atomic mass is 32.2. The molecule has 0 saturated carbocycles. The van der Waals surface area contributed by atoms with Gasteiger partial charge in [-0.1, -0.05) is 24.8 Å². The first kappa shape index (κ1) is 19.2. The van der Waals surface area contributed by atoms with Crippen LogP contribution < -0.4 is 10.9 Å². The summed E-state index contributed by atoms with van der Waals surface area (Å²) in [6.07, 6.45) is 3.04. The largest absolute Gasteiger partial charge is 0.460 e. The molecule has 7 nitrogen and oxygen atoms in total. The number of pyridine rings is 1. The number of hydrogen-bond donors (Lipinski definition) is 2. The van der Waals surface area contributed by atoms with Crippen molar-refractivity contribution < 1.29 is 9.53 Å². The molecule has 1 aliphatic rings. The van der Waals surface area contributed by atoms with Crippen molar-refractivity contribution >= 4 is 23.5 Å². The van der Waals surface area contributed by atoms with Crippen LogP contribution in [0, 0.1) is 0 Å². The second-order valence-electron chi connectivity index (χ2n) is 6.40. The molecule has 0 radical (unpaired) electrons. The fourth-order valence-corrected chi connectivity index (χ4v) is 3.66. The van der Waals surface area contributed by atoms with Crippen LogP contribution in [0.5, 0.6) is 0 Å². The Balaban J connectivity index is 2.20. The van der Waals surface area contributed by atoms with E-state index in [0.29, 0.717) is 27.8 Å². The van der Waals surface area contributed by atoms with Crippen LogP contribution in [-0.2, 0) is 9.53 Å². The van der Waals surface area contributed by atoms with Crippen molar-refractivity contribution in [2.75, 3.05) is 11.1 Å². The average Bonchev–Trinajstić information content (AvgIpc) is 2.60. The minimum absolute atomic E-state index is 0.270. The van der Waals surface area contributed by atoms with Crippen molar-refractivity contribution in [2.24, 2.45) is 0 Å². The van der Waals surface area contributed by atoms with Crippen LogP contribution in [0.1, 0.15) is 44.7 Å². The standard InChI is InChI=1S/C19H22N4O3S/c1-5-27-19-22-16-15(17(24)23-19)14(12-7-6-8-20-9-12)13(11(4)21-16)18(25)26-10(2)3/h6-10,14H,5H2,1-4H3,(H2,21,22,23,24)/t14-/m0/s1. The molecular weight excluding hydrogens is 364 g/mol. The van der Waals surface area contributed by atoms with E-state index >= 15 is 0 Å². The topological polar surface area (TPSA) is 97.0 Å². The molecule has 0 saturated heterocycles. The maximum Gasteiger partial charge on any atom is 0.337 e. The van der Waals surface area contributed by atoms with Gasteiger partial charge in [0.25, 0.3) is 5.56 Å². The molecule has 1 atom stereocenters. The smallest absolute Gasteiger partial charge is 0.337 e. The maximum atomic E-state index is 12.9. The van der Waals surface area contributed by atoms with Crippen LogP contribution in [0.2, 0.25) is 0 Å². The number of carbonyl (C=O) groups excluding carboxylic acids is 1. The first-order valence-corrected chi connectivity index (χ1v) is 9.76. The molecule has 2 aromatic heterocycles. The highest BCUT2D eigenvalue weighted by molar-refractivity contribution is 7.99. The van der Waals surface area contributed by atoms with Crippen molar-refractivity contribution in [2.45, 2.75) is 44.9 Å². The summed E-state index contributed by atoms with van der Waals surface area (Å²) in [6, 6.07) is 3.62. The molecule has 27 heavy (non-hydrogen) atoms. The van der Waals surface area contributed by atoms with E-state index in [1.165, 1.54) is 11.8 Å². The molecule has 0 amide bonds. The number of allylic oxidation sites excluding steroid dienone is 1. The lowest BCUT2D eigenvalue weighted by Crippen LogP contribution is -2.31. The van der Waals surface area contributed by atoms with Gasteiger partial charge >= 0.3 is 5.97 Å². The lowest BCUT2D eigenvalue weighted by molar-refractivity contribution is -0.143. The van der Waals surface area contributed by atoms with Gasteiger partial charge < -0.3 is 15.0 Å². The first-order chi connectivity index (χ1) is 12.9. The summed E-state index contributed by atoms with van der Waals surface area (Å²) < 4.78 is 5.44. The molecule has 0 aliphatic carbocycles. The SMILES string of the molecule is CCSc1nc2c(c(=O)[nH]1)[C@@H](c1cccnc1)C(C(=O)OC(C)C)=C(C)N2. The summed E-state index contributed by atoms with van der Waals surface area (Å²) in [4.78, 5) is 37.2. The van der Waals surface area contributed by atoms with E-state index in [-0.39, 0.29) is 11.7 Å². The van der Waals surface area contributed by atoms with Gasteiger partial charge in [-0.25, -0.2) is 9.78 Å². The maximum absolute atomic E-state index is 12.9. The van der Waals surface area contributed by atoms with Gasteiger partial charge in [0, 0.05) is 18.1 Å². The molecule has 142 valence electrons. The van der Waals surface area contributed by atoms with E-state index in [4.69, 9.17) is 4.74 Å². The monoisotopic (exact) mass is 386 g/mol. The van der Waals surface area contributed by atoms with Crippen LogP contribution in [0.4, 0.5) is 5.82 Å². The van der Waals surface area contributed by atoms with Crippen molar-refractivity contribution in [1.29, 1.82) is 0 Å². The fraction of sp³-hybridized carbons (Fsp3) is 0.368. The Morgan fingerprint density at radius 2 is 2.19 bits per heavy atom. The third kappa shape index (κ3) is 3.90. The Kier molecular flexibility index (Phi) is 5.65. The van der Waals surface area contributed by atoms with E-state index < -0.39 is 11.9 Å². The summed E-state index contributed by atoms with van der Waals surface area (Å²) in [5, 5.41) is 3.66. The lowest BCUT2D eigenvalue weighted by Gasteiger charge is -2.29. The predicted octanol–water partition coefficient (Wildman–Crippen LogP) is 3.06. The first-order valence-electron chi connectivity index (χ1n) is 8.78. The van der Waals surface area contributed by atoms with Crippen molar-refractivity contribution in [3.05, 3.63) is 57.3 Å². The molecule has 0 fully saturated rings. The zero-order valence-electron chi connectivity index (χ0n) is 15.7. The molecule has 1 aliphatic heterocycles. The van der Waals surface area contributed by atoms with E-state index in [1.54, 1.807) is 39.2 Å². The van der Waals surface area contributed by atoms with Crippen molar-refractivity contribution in [1.82, 2.24) is 15.0 Å². The molecule has 2 N–H and O–H groups in total. The number of anilines is 1. The number of nitrogens with one attached hydrogen (secondary N) is 2. The van der Waals surface area contributed by atoms with Gasteiger partial charge in [-0.3, -0.25) is 9.78 Å².